The maximum Gasteiger partial charge on any atom is 0.316 e. The van der Waals surface area contributed by atoms with Crippen molar-refractivity contribution >= 4 is 11.5 Å². The lowest BCUT2D eigenvalue weighted by Gasteiger charge is -2.34. The molecule has 2 heterocycles. The molecule has 196 valence electrons. The molecule has 0 fully saturated rings. The summed E-state index contributed by atoms with van der Waals surface area (Å²) in [5.41, 5.74) is 1.84. The molecule has 1 amide bonds. The van der Waals surface area contributed by atoms with Crippen LogP contribution < -0.4 is 10.3 Å². The van der Waals surface area contributed by atoms with Crippen molar-refractivity contribution in [3.8, 4) is 5.75 Å². The van der Waals surface area contributed by atoms with Crippen LogP contribution >= 0.6 is 0 Å². The van der Waals surface area contributed by atoms with Crippen LogP contribution in [0.2, 0.25) is 0 Å². The van der Waals surface area contributed by atoms with Gasteiger partial charge in [-0.05, 0) is 48.3 Å². The smallest absolute Gasteiger partial charge is 0.316 e. The third-order valence-electron chi connectivity index (χ3n) is 6.47. The lowest BCUT2D eigenvalue weighted by atomic mass is 9.97. The first kappa shape index (κ1) is 26.7. The molecule has 8 heteroatoms. The van der Waals surface area contributed by atoms with Gasteiger partial charge in [-0.1, -0.05) is 61.7 Å². The Balaban J connectivity index is 1.81. The Hall–Kier alpha value is -4.33. The molecule has 3 aromatic rings. The number of aromatic nitrogens is 2. The molecule has 1 aliphatic rings. The summed E-state index contributed by atoms with van der Waals surface area (Å²) in [5, 5.41) is 0. The molecule has 0 unspecified atom stereocenters. The first-order chi connectivity index (χ1) is 18.2. The summed E-state index contributed by atoms with van der Waals surface area (Å²) in [6.45, 7) is 12.5. The predicted octanol–water partition coefficient (Wildman–Crippen LogP) is 5.33. The predicted molar refractivity (Wildman–Crippen MR) is 143 cm³/mol. The van der Waals surface area contributed by atoms with E-state index in [0.717, 1.165) is 17.7 Å². The van der Waals surface area contributed by atoms with Crippen molar-refractivity contribution in [3.63, 3.8) is 0 Å². The van der Waals surface area contributed by atoms with Gasteiger partial charge in [-0.15, -0.1) is 0 Å². The van der Waals surface area contributed by atoms with Gasteiger partial charge < -0.3 is 14.2 Å². The molecule has 6 nitrogen and oxygen atoms in total. The minimum atomic E-state index is -0.990. The van der Waals surface area contributed by atoms with E-state index in [1.54, 1.807) is 15.5 Å². The zero-order valence-electron chi connectivity index (χ0n) is 21.4. The Morgan fingerprint density at radius 3 is 2.42 bits per heavy atom. The van der Waals surface area contributed by atoms with Crippen LogP contribution in [0.4, 0.5) is 8.78 Å². The van der Waals surface area contributed by atoms with Crippen LogP contribution in [-0.2, 0) is 19.6 Å². The van der Waals surface area contributed by atoms with Crippen LogP contribution in [-0.4, -0.2) is 32.9 Å². The molecule has 0 bridgehead atoms. The van der Waals surface area contributed by atoms with Gasteiger partial charge >= 0.3 is 5.56 Å². The molecule has 0 N–H and O–H groups in total. The molecule has 1 aromatic heterocycles. The Morgan fingerprint density at radius 2 is 1.79 bits per heavy atom. The van der Waals surface area contributed by atoms with Gasteiger partial charge in [-0.3, -0.25) is 9.59 Å². The van der Waals surface area contributed by atoms with Crippen LogP contribution in [0.15, 0.2) is 84.2 Å². The number of ether oxygens (including phenoxy) is 1. The van der Waals surface area contributed by atoms with E-state index in [1.165, 1.54) is 12.1 Å². The highest BCUT2D eigenvalue weighted by atomic mass is 19.2. The Bertz CT molecular complexity index is 1480. The van der Waals surface area contributed by atoms with Crippen LogP contribution in [0.1, 0.15) is 41.3 Å². The minimum absolute atomic E-state index is 0.0747. The number of nitrogens with zero attached hydrogens (tertiary/aromatic N) is 3. The monoisotopic (exact) mass is 517 g/mol. The molecule has 38 heavy (non-hydrogen) atoms. The molecule has 0 spiro atoms. The molecule has 4 rings (SSSR count). The molecule has 0 radical (unpaired) electrons. The highest BCUT2D eigenvalue weighted by Gasteiger charge is 2.33. The molecule has 0 saturated heterocycles. The number of carbonyl (C=O) groups is 1. The van der Waals surface area contributed by atoms with Gasteiger partial charge in [-0.2, -0.15) is 4.98 Å². The molecule has 1 aliphatic heterocycles. The topological polar surface area (TPSA) is 64.4 Å². The summed E-state index contributed by atoms with van der Waals surface area (Å²) in [5.74, 6) is -2.02. The second kappa shape index (κ2) is 11.4. The van der Waals surface area contributed by atoms with Crippen LogP contribution in [0.25, 0.3) is 5.57 Å². The number of rotatable bonds is 9. The Labute approximate surface area is 220 Å². The highest BCUT2D eigenvalue weighted by Crippen LogP contribution is 2.28. The number of amides is 1. The van der Waals surface area contributed by atoms with E-state index in [1.807, 2.05) is 44.2 Å². The average Bonchev–Trinajstić information content (AvgIpc) is 2.90. The average molecular weight is 518 g/mol. The molecular formula is C30H29F2N3O3. The van der Waals surface area contributed by atoms with Crippen molar-refractivity contribution in [2.45, 2.75) is 39.5 Å². The van der Waals surface area contributed by atoms with Crippen molar-refractivity contribution in [2.75, 3.05) is 6.54 Å². The van der Waals surface area contributed by atoms with Crippen molar-refractivity contribution in [3.05, 3.63) is 124 Å². The number of benzene rings is 2. The van der Waals surface area contributed by atoms with Crippen molar-refractivity contribution in [1.29, 1.82) is 0 Å². The lowest BCUT2D eigenvalue weighted by Crippen LogP contribution is -2.46. The second-order valence-electron chi connectivity index (χ2n) is 9.18. The standard InChI is InChI=1S/C30H29F2N3O3/c1-5-21(23(6-2)22-12-13-24(31)25(32)16-22)17-26-33-29(36)28(38-18-20-10-8-7-9-11-20)27-30(37)34(19(3)4)14-15-35(26)27/h5-13,16,19H,1-2,14-15,17-18H2,3-4H3/b23-21-. The summed E-state index contributed by atoms with van der Waals surface area (Å²) in [6, 6.07) is 12.8. The number of halogens is 2. The number of allylic oxidation sites excluding steroid dienone is 4. The van der Waals surface area contributed by atoms with Gasteiger partial charge in [0.05, 0.1) is 0 Å². The first-order valence-electron chi connectivity index (χ1n) is 12.3. The van der Waals surface area contributed by atoms with Crippen LogP contribution in [0, 0.1) is 11.6 Å². The molecule has 0 aliphatic carbocycles. The fraction of sp³-hybridized carbons (Fsp3) is 0.233. The highest BCUT2D eigenvalue weighted by molar-refractivity contribution is 5.96. The largest absolute Gasteiger partial charge is 0.481 e. The van der Waals surface area contributed by atoms with Gasteiger partial charge in [0.1, 0.15) is 12.4 Å². The normalized spacial score (nSPS) is 13.7. The second-order valence-corrected chi connectivity index (χ2v) is 9.18. The quantitative estimate of drug-likeness (QED) is 0.360. The van der Waals surface area contributed by atoms with E-state index < -0.39 is 17.2 Å². The number of hydrogen-bond acceptors (Lipinski definition) is 4. The zero-order valence-corrected chi connectivity index (χ0v) is 21.4. The lowest BCUT2D eigenvalue weighted by molar-refractivity contribution is 0.0634. The molecule has 2 aromatic carbocycles. The van der Waals surface area contributed by atoms with E-state index in [9.17, 15) is 18.4 Å². The fourth-order valence-electron chi connectivity index (χ4n) is 4.51. The number of fused-ring (bicyclic) bond motifs is 1. The van der Waals surface area contributed by atoms with Gasteiger partial charge in [-0.25, -0.2) is 8.78 Å². The summed E-state index contributed by atoms with van der Waals surface area (Å²) in [7, 11) is 0. The summed E-state index contributed by atoms with van der Waals surface area (Å²) in [6.07, 6.45) is 3.18. The van der Waals surface area contributed by atoms with Crippen molar-refractivity contribution < 1.29 is 18.3 Å². The number of hydrogen-bond donors (Lipinski definition) is 0. The maximum absolute atomic E-state index is 14.0. The third-order valence-corrected chi connectivity index (χ3v) is 6.47. The summed E-state index contributed by atoms with van der Waals surface area (Å²) in [4.78, 5) is 32.8. The maximum atomic E-state index is 14.0. The van der Waals surface area contributed by atoms with E-state index in [4.69, 9.17) is 4.74 Å². The SMILES string of the molecule is C=C/C(Cc1nc(=O)c(OCc2ccccc2)c2n1CCN(C(C)C)C2=O)=C(\C=C)c1ccc(F)c(F)c1. The number of carbonyl (C=O) groups excluding carboxylic acids is 1. The van der Waals surface area contributed by atoms with E-state index in [0.29, 0.717) is 35.6 Å². The van der Waals surface area contributed by atoms with Crippen molar-refractivity contribution in [2.24, 2.45) is 0 Å². The van der Waals surface area contributed by atoms with Gasteiger partial charge in [0.2, 0.25) is 5.75 Å². The third kappa shape index (κ3) is 5.34. The van der Waals surface area contributed by atoms with Crippen molar-refractivity contribution in [1.82, 2.24) is 14.5 Å². The zero-order chi connectivity index (χ0) is 27.4. The summed E-state index contributed by atoms with van der Waals surface area (Å²) < 4.78 is 35.1. The van der Waals surface area contributed by atoms with Crippen LogP contribution in [0.5, 0.6) is 5.75 Å². The van der Waals surface area contributed by atoms with E-state index in [2.05, 4.69) is 18.1 Å². The van der Waals surface area contributed by atoms with E-state index in [-0.39, 0.29) is 36.4 Å². The molecule has 0 saturated carbocycles. The Kier molecular flexibility index (Phi) is 8.00. The minimum Gasteiger partial charge on any atom is -0.481 e. The van der Waals surface area contributed by atoms with Gasteiger partial charge in [0.15, 0.2) is 17.3 Å². The fourth-order valence-corrected chi connectivity index (χ4v) is 4.51. The molecular weight excluding hydrogens is 488 g/mol. The summed E-state index contributed by atoms with van der Waals surface area (Å²) >= 11 is 0. The van der Waals surface area contributed by atoms with Crippen LogP contribution in [0.3, 0.4) is 0 Å². The Morgan fingerprint density at radius 1 is 1.05 bits per heavy atom. The molecule has 0 atom stereocenters. The van der Waals surface area contributed by atoms with E-state index >= 15 is 0 Å². The van der Waals surface area contributed by atoms with Gasteiger partial charge in [0, 0.05) is 25.6 Å². The first-order valence-corrected chi connectivity index (χ1v) is 12.3. The van der Waals surface area contributed by atoms with Gasteiger partial charge in [0.25, 0.3) is 5.91 Å².